The van der Waals surface area contributed by atoms with E-state index in [9.17, 15) is 13.2 Å². The number of pyridine rings is 1. The van der Waals surface area contributed by atoms with Gasteiger partial charge in [-0.15, -0.1) is 0 Å². The Morgan fingerprint density at radius 1 is 1.33 bits per heavy atom. The molecule has 0 aliphatic carbocycles. The SMILES string of the molecule is CS(=O)(=O)c1cc(C(=O)O)cc(N2CCCC2)n1. The van der Waals surface area contributed by atoms with Gasteiger partial charge in [-0.1, -0.05) is 0 Å². The van der Waals surface area contributed by atoms with Gasteiger partial charge in [-0.05, 0) is 25.0 Å². The van der Waals surface area contributed by atoms with Gasteiger partial charge >= 0.3 is 5.97 Å². The molecule has 0 amide bonds. The van der Waals surface area contributed by atoms with Gasteiger partial charge in [0.1, 0.15) is 5.82 Å². The van der Waals surface area contributed by atoms with Gasteiger partial charge in [-0.3, -0.25) is 0 Å². The zero-order valence-corrected chi connectivity index (χ0v) is 10.8. The van der Waals surface area contributed by atoms with E-state index < -0.39 is 15.8 Å². The Bertz CT molecular complexity index is 577. The molecule has 0 unspecified atom stereocenters. The van der Waals surface area contributed by atoms with Crippen molar-refractivity contribution in [1.82, 2.24) is 4.98 Å². The molecule has 6 nitrogen and oxygen atoms in total. The van der Waals surface area contributed by atoms with Gasteiger partial charge < -0.3 is 10.0 Å². The predicted molar refractivity (Wildman–Crippen MR) is 65.8 cm³/mol. The van der Waals surface area contributed by atoms with Crippen LogP contribution in [0.3, 0.4) is 0 Å². The summed E-state index contributed by atoms with van der Waals surface area (Å²) in [4.78, 5) is 17.0. The minimum absolute atomic E-state index is 0.0488. The number of rotatable bonds is 3. The lowest BCUT2D eigenvalue weighted by atomic mass is 10.2. The lowest BCUT2D eigenvalue weighted by Crippen LogP contribution is -2.20. The van der Waals surface area contributed by atoms with Crippen LogP contribution >= 0.6 is 0 Å². The average molecular weight is 270 g/mol. The quantitative estimate of drug-likeness (QED) is 0.873. The second-order valence-corrected chi connectivity index (χ2v) is 6.29. The second kappa shape index (κ2) is 4.56. The van der Waals surface area contributed by atoms with Crippen molar-refractivity contribution >= 4 is 21.6 Å². The number of hydrogen-bond acceptors (Lipinski definition) is 5. The van der Waals surface area contributed by atoms with Crippen LogP contribution in [0.2, 0.25) is 0 Å². The van der Waals surface area contributed by atoms with Crippen LogP contribution < -0.4 is 4.90 Å². The van der Waals surface area contributed by atoms with Gasteiger partial charge in [-0.2, -0.15) is 0 Å². The maximum absolute atomic E-state index is 11.5. The van der Waals surface area contributed by atoms with Gasteiger partial charge in [-0.25, -0.2) is 18.2 Å². The summed E-state index contributed by atoms with van der Waals surface area (Å²) < 4.78 is 23.0. The third-order valence-corrected chi connectivity index (χ3v) is 3.81. The molecule has 1 aliphatic heterocycles. The fraction of sp³-hybridized carbons (Fsp3) is 0.455. The normalized spacial score (nSPS) is 15.9. The maximum Gasteiger partial charge on any atom is 0.335 e. The highest BCUT2D eigenvalue weighted by Crippen LogP contribution is 2.21. The topological polar surface area (TPSA) is 87.6 Å². The highest BCUT2D eigenvalue weighted by Gasteiger charge is 2.20. The molecule has 0 radical (unpaired) electrons. The van der Waals surface area contributed by atoms with Gasteiger partial charge in [0.05, 0.1) is 5.56 Å². The lowest BCUT2D eigenvalue weighted by molar-refractivity contribution is 0.0696. The predicted octanol–water partition coefficient (Wildman–Crippen LogP) is 0.784. The molecule has 0 spiro atoms. The summed E-state index contributed by atoms with van der Waals surface area (Å²) in [5.74, 6) is -0.726. The van der Waals surface area contributed by atoms with Crippen LogP contribution in [-0.2, 0) is 9.84 Å². The minimum atomic E-state index is -3.51. The lowest BCUT2D eigenvalue weighted by Gasteiger charge is -2.17. The van der Waals surface area contributed by atoms with E-state index >= 15 is 0 Å². The molecule has 0 saturated carbocycles. The van der Waals surface area contributed by atoms with E-state index in [4.69, 9.17) is 5.11 Å². The van der Waals surface area contributed by atoms with Crippen LogP contribution in [0.5, 0.6) is 0 Å². The molecule has 1 aromatic rings. The minimum Gasteiger partial charge on any atom is -0.478 e. The third-order valence-electron chi connectivity index (χ3n) is 2.85. The van der Waals surface area contributed by atoms with Crippen LogP contribution in [-0.4, -0.2) is 43.8 Å². The Balaban J connectivity index is 2.52. The number of carboxylic acids is 1. The molecular formula is C11H14N2O4S. The van der Waals surface area contributed by atoms with Crippen molar-refractivity contribution in [2.24, 2.45) is 0 Å². The van der Waals surface area contributed by atoms with Crippen molar-refractivity contribution in [1.29, 1.82) is 0 Å². The van der Waals surface area contributed by atoms with Crippen LogP contribution in [0.1, 0.15) is 23.2 Å². The van der Waals surface area contributed by atoms with E-state index in [-0.39, 0.29) is 10.6 Å². The number of hydrogen-bond donors (Lipinski definition) is 1. The zero-order valence-electron chi connectivity index (χ0n) is 9.96. The van der Waals surface area contributed by atoms with Crippen molar-refractivity contribution in [3.8, 4) is 0 Å². The van der Waals surface area contributed by atoms with Crippen molar-refractivity contribution in [2.45, 2.75) is 17.9 Å². The molecule has 18 heavy (non-hydrogen) atoms. The zero-order chi connectivity index (χ0) is 13.3. The number of sulfone groups is 1. The van der Waals surface area contributed by atoms with Crippen LogP contribution in [0.4, 0.5) is 5.82 Å². The first-order chi connectivity index (χ1) is 8.38. The monoisotopic (exact) mass is 270 g/mol. The van der Waals surface area contributed by atoms with Crippen molar-refractivity contribution in [3.05, 3.63) is 17.7 Å². The Morgan fingerprint density at radius 2 is 1.94 bits per heavy atom. The molecule has 1 aromatic heterocycles. The molecule has 1 saturated heterocycles. The summed E-state index contributed by atoms with van der Waals surface area (Å²) in [6.45, 7) is 1.55. The Labute approximate surface area is 105 Å². The summed E-state index contributed by atoms with van der Waals surface area (Å²) in [6, 6.07) is 2.51. The Morgan fingerprint density at radius 3 is 2.44 bits per heavy atom. The Kier molecular flexibility index (Phi) is 3.25. The van der Waals surface area contributed by atoms with Crippen LogP contribution in [0, 0.1) is 0 Å². The number of carbonyl (C=O) groups is 1. The fourth-order valence-corrected chi connectivity index (χ4v) is 2.51. The van der Waals surface area contributed by atoms with Gasteiger partial charge in [0.15, 0.2) is 14.9 Å². The standard InChI is InChI=1S/C11H14N2O4S/c1-18(16,17)10-7-8(11(14)15)6-9(12-10)13-4-2-3-5-13/h6-7H,2-5H2,1H3,(H,14,15). The molecule has 0 aromatic carbocycles. The summed E-state index contributed by atoms with van der Waals surface area (Å²) in [7, 11) is -3.51. The molecular weight excluding hydrogens is 256 g/mol. The summed E-state index contributed by atoms with van der Waals surface area (Å²) in [6.07, 6.45) is 3.04. The highest BCUT2D eigenvalue weighted by atomic mass is 32.2. The van der Waals surface area contributed by atoms with Gasteiger partial charge in [0, 0.05) is 19.3 Å². The van der Waals surface area contributed by atoms with Gasteiger partial charge in [0.25, 0.3) is 0 Å². The summed E-state index contributed by atoms with van der Waals surface area (Å²) >= 11 is 0. The molecule has 0 atom stereocenters. The van der Waals surface area contributed by atoms with Crippen molar-refractivity contribution in [2.75, 3.05) is 24.2 Å². The second-order valence-electron chi connectivity index (χ2n) is 4.32. The summed E-state index contributed by atoms with van der Waals surface area (Å²) in [5, 5.41) is 8.81. The molecule has 1 N–H and O–H groups in total. The van der Waals surface area contributed by atoms with Crippen molar-refractivity contribution in [3.63, 3.8) is 0 Å². The number of aromatic carboxylic acids is 1. The molecule has 7 heteroatoms. The van der Waals surface area contributed by atoms with E-state index in [0.717, 1.165) is 38.3 Å². The average Bonchev–Trinajstić information content (AvgIpc) is 2.80. The van der Waals surface area contributed by atoms with Crippen LogP contribution in [0.15, 0.2) is 17.2 Å². The first-order valence-corrected chi connectivity index (χ1v) is 7.47. The van der Waals surface area contributed by atoms with E-state index in [2.05, 4.69) is 4.98 Å². The number of aromatic nitrogens is 1. The highest BCUT2D eigenvalue weighted by molar-refractivity contribution is 7.90. The molecule has 1 fully saturated rings. The molecule has 0 bridgehead atoms. The first-order valence-electron chi connectivity index (χ1n) is 5.58. The van der Waals surface area contributed by atoms with Gasteiger partial charge in [0.2, 0.25) is 0 Å². The van der Waals surface area contributed by atoms with E-state index in [1.54, 1.807) is 0 Å². The molecule has 1 aliphatic rings. The smallest absolute Gasteiger partial charge is 0.335 e. The first kappa shape index (κ1) is 12.8. The number of anilines is 1. The van der Waals surface area contributed by atoms with E-state index in [0.29, 0.717) is 5.82 Å². The Hall–Kier alpha value is -1.63. The number of nitrogens with zero attached hydrogens (tertiary/aromatic N) is 2. The number of carboxylic acid groups (broad SMARTS) is 1. The summed E-state index contributed by atoms with van der Waals surface area (Å²) in [5.41, 5.74) is -0.0488. The molecule has 2 rings (SSSR count). The maximum atomic E-state index is 11.5. The molecule has 2 heterocycles. The third kappa shape index (κ3) is 2.61. The molecule has 98 valence electrons. The largest absolute Gasteiger partial charge is 0.478 e. The van der Waals surface area contributed by atoms with E-state index in [1.165, 1.54) is 6.07 Å². The van der Waals surface area contributed by atoms with Crippen LogP contribution in [0.25, 0.3) is 0 Å². The van der Waals surface area contributed by atoms with Crippen molar-refractivity contribution < 1.29 is 18.3 Å². The van der Waals surface area contributed by atoms with E-state index in [1.807, 2.05) is 4.90 Å². The fourth-order valence-electron chi connectivity index (χ4n) is 1.91.